The van der Waals surface area contributed by atoms with Gasteiger partial charge >= 0.3 is 0 Å². The lowest BCUT2D eigenvalue weighted by molar-refractivity contribution is 0.503. The molecule has 7 nitrogen and oxygen atoms in total. The van der Waals surface area contributed by atoms with Crippen molar-refractivity contribution < 1.29 is 0 Å². The van der Waals surface area contributed by atoms with Crippen molar-refractivity contribution in [2.24, 2.45) is 7.05 Å². The van der Waals surface area contributed by atoms with Gasteiger partial charge in [-0.3, -0.25) is 9.67 Å². The first-order chi connectivity index (χ1) is 13.7. The van der Waals surface area contributed by atoms with E-state index < -0.39 is 0 Å². The summed E-state index contributed by atoms with van der Waals surface area (Å²) in [7, 11) is 1.90. The van der Waals surface area contributed by atoms with E-state index in [4.69, 9.17) is 4.98 Å². The Hall–Kier alpha value is -3.61. The molecule has 4 heterocycles. The van der Waals surface area contributed by atoms with Crippen LogP contribution in [0.15, 0.2) is 61.1 Å². The van der Waals surface area contributed by atoms with E-state index in [9.17, 15) is 0 Å². The summed E-state index contributed by atoms with van der Waals surface area (Å²) in [4.78, 5) is 9.31. The molecule has 0 spiro atoms. The molecule has 6 rings (SSSR count). The monoisotopic (exact) mass is 367 g/mol. The summed E-state index contributed by atoms with van der Waals surface area (Å²) in [6.07, 6.45) is 7.66. The fraction of sp³-hybridized carbons (Fsp3) is 0.190. The van der Waals surface area contributed by atoms with Crippen molar-refractivity contribution in [3.63, 3.8) is 0 Å². The van der Waals surface area contributed by atoms with Gasteiger partial charge in [-0.05, 0) is 48.7 Å². The summed E-state index contributed by atoms with van der Waals surface area (Å²) in [6, 6.07) is 14.5. The number of fused-ring (bicyclic) bond motifs is 2. The van der Waals surface area contributed by atoms with Crippen molar-refractivity contribution in [1.29, 1.82) is 0 Å². The van der Waals surface area contributed by atoms with E-state index in [0.717, 1.165) is 46.2 Å². The van der Waals surface area contributed by atoms with Gasteiger partial charge in [-0.1, -0.05) is 17.3 Å². The fourth-order valence-corrected chi connectivity index (χ4v) is 3.92. The number of aromatic nitrogens is 7. The molecule has 0 radical (unpaired) electrons. The van der Waals surface area contributed by atoms with Crippen LogP contribution in [-0.4, -0.2) is 34.7 Å². The van der Waals surface area contributed by atoms with E-state index in [0.29, 0.717) is 0 Å². The third-order valence-corrected chi connectivity index (χ3v) is 5.57. The van der Waals surface area contributed by atoms with E-state index in [1.165, 1.54) is 5.56 Å². The minimum atomic E-state index is -0.181. The zero-order valence-corrected chi connectivity index (χ0v) is 15.3. The number of rotatable bonds is 3. The van der Waals surface area contributed by atoms with Crippen molar-refractivity contribution in [2.45, 2.75) is 18.4 Å². The van der Waals surface area contributed by atoms with E-state index in [1.807, 2.05) is 48.5 Å². The highest BCUT2D eigenvalue weighted by Gasteiger charge is 2.48. The lowest BCUT2D eigenvalue weighted by Crippen LogP contribution is -2.20. The number of nitrogens with zero attached hydrogens (tertiary/aromatic N) is 7. The minimum Gasteiger partial charge on any atom is -0.275 e. The molecule has 1 saturated carbocycles. The summed E-state index contributed by atoms with van der Waals surface area (Å²) in [5.74, 6) is 0. The first-order valence-electron chi connectivity index (χ1n) is 9.30. The number of aryl methyl sites for hydroxylation is 1. The van der Waals surface area contributed by atoms with Crippen LogP contribution in [0.5, 0.6) is 0 Å². The number of hydrogen-bond donors (Lipinski definition) is 0. The molecule has 28 heavy (non-hydrogen) atoms. The SMILES string of the molecule is Cn1cc(-c2ccc3nnn(C4(c5ccc6ncccc6c5)CC4)c3n2)cn1. The smallest absolute Gasteiger partial charge is 0.179 e. The molecule has 136 valence electrons. The predicted octanol–water partition coefficient (Wildman–Crippen LogP) is 3.31. The van der Waals surface area contributed by atoms with Crippen molar-refractivity contribution in [3.8, 4) is 11.3 Å². The Labute approximate surface area is 160 Å². The number of pyridine rings is 2. The predicted molar refractivity (Wildman–Crippen MR) is 106 cm³/mol. The first kappa shape index (κ1) is 15.4. The summed E-state index contributed by atoms with van der Waals surface area (Å²) >= 11 is 0. The molecular weight excluding hydrogens is 350 g/mol. The maximum Gasteiger partial charge on any atom is 0.179 e. The first-order valence-corrected chi connectivity index (χ1v) is 9.30. The molecule has 0 amide bonds. The van der Waals surface area contributed by atoms with Crippen LogP contribution in [0, 0.1) is 0 Å². The highest BCUT2D eigenvalue weighted by molar-refractivity contribution is 5.80. The summed E-state index contributed by atoms with van der Waals surface area (Å²) < 4.78 is 3.78. The standard InChI is InChI=1S/C21H17N7/c1-27-13-15(12-23-27)18-6-7-19-20(24-18)28(26-25-19)21(8-9-21)16-4-5-17-14(11-16)3-2-10-22-17/h2-7,10-13H,8-9H2,1H3. The Morgan fingerprint density at radius 1 is 1.04 bits per heavy atom. The van der Waals surface area contributed by atoms with E-state index in [-0.39, 0.29) is 5.54 Å². The zero-order chi connectivity index (χ0) is 18.7. The summed E-state index contributed by atoms with van der Waals surface area (Å²) in [5.41, 5.74) is 5.53. The number of benzene rings is 1. The maximum absolute atomic E-state index is 4.89. The van der Waals surface area contributed by atoms with Crippen LogP contribution in [0.4, 0.5) is 0 Å². The molecule has 5 aromatic rings. The average molecular weight is 367 g/mol. The Bertz CT molecular complexity index is 1340. The molecule has 1 aliphatic carbocycles. The lowest BCUT2D eigenvalue weighted by atomic mass is 10.0. The highest BCUT2D eigenvalue weighted by atomic mass is 15.5. The molecule has 0 aliphatic heterocycles. The van der Waals surface area contributed by atoms with Crippen molar-refractivity contribution in [2.75, 3.05) is 0 Å². The quantitative estimate of drug-likeness (QED) is 0.489. The average Bonchev–Trinajstić information content (AvgIpc) is 3.23. The van der Waals surface area contributed by atoms with Crippen LogP contribution >= 0.6 is 0 Å². The maximum atomic E-state index is 4.89. The van der Waals surface area contributed by atoms with Gasteiger partial charge in [0.05, 0.1) is 22.9 Å². The van der Waals surface area contributed by atoms with Gasteiger partial charge < -0.3 is 0 Å². The minimum absolute atomic E-state index is 0.181. The van der Waals surface area contributed by atoms with Gasteiger partial charge in [0.15, 0.2) is 5.65 Å². The van der Waals surface area contributed by atoms with Crippen molar-refractivity contribution in [1.82, 2.24) is 34.7 Å². The second-order valence-corrected chi connectivity index (χ2v) is 7.39. The molecule has 1 fully saturated rings. The van der Waals surface area contributed by atoms with Gasteiger partial charge in [-0.15, -0.1) is 5.10 Å². The molecule has 1 aromatic carbocycles. The van der Waals surface area contributed by atoms with Gasteiger partial charge in [-0.2, -0.15) is 5.10 Å². The third-order valence-electron chi connectivity index (χ3n) is 5.57. The molecular formula is C21H17N7. The van der Waals surface area contributed by atoms with Crippen LogP contribution in [0.25, 0.3) is 33.3 Å². The Morgan fingerprint density at radius 3 is 2.75 bits per heavy atom. The van der Waals surface area contributed by atoms with Crippen molar-refractivity contribution >= 4 is 22.1 Å². The molecule has 4 aromatic heterocycles. The third kappa shape index (κ3) is 2.19. The Balaban J connectivity index is 1.51. The van der Waals surface area contributed by atoms with Gasteiger partial charge in [0.2, 0.25) is 0 Å². The zero-order valence-electron chi connectivity index (χ0n) is 15.3. The molecule has 0 saturated heterocycles. The van der Waals surface area contributed by atoms with E-state index in [2.05, 4.69) is 44.7 Å². The van der Waals surface area contributed by atoms with Gasteiger partial charge in [-0.25, -0.2) is 9.67 Å². The van der Waals surface area contributed by atoms with Gasteiger partial charge in [0.25, 0.3) is 0 Å². The normalized spacial score (nSPS) is 15.3. The Kier molecular flexibility index (Phi) is 3.01. The highest BCUT2D eigenvalue weighted by Crippen LogP contribution is 2.50. The molecule has 0 unspecified atom stereocenters. The topological polar surface area (TPSA) is 74.3 Å². The Morgan fingerprint density at radius 2 is 1.93 bits per heavy atom. The van der Waals surface area contributed by atoms with Gasteiger partial charge in [0.1, 0.15) is 5.52 Å². The van der Waals surface area contributed by atoms with Crippen LogP contribution in [0.1, 0.15) is 18.4 Å². The molecule has 1 aliphatic rings. The largest absolute Gasteiger partial charge is 0.275 e. The lowest BCUT2D eigenvalue weighted by Gasteiger charge is -2.17. The molecule has 0 atom stereocenters. The molecule has 0 N–H and O–H groups in total. The van der Waals surface area contributed by atoms with Crippen molar-refractivity contribution in [3.05, 3.63) is 66.6 Å². The van der Waals surface area contributed by atoms with Crippen LogP contribution in [0.3, 0.4) is 0 Å². The second kappa shape index (κ2) is 5.45. The van der Waals surface area contributed by atoms with Crippen LogP contribution < -0.4 is 0 Å². The van der Waals surface area contributed by atoms with Gasteiger partial charge in [0, 0.05) is 30.4 Å². The van der Waals surface area contributed by atoms with Crippen LogP contribution in [-0.2, 0) is 12.6 Å². The van der Waals surface area contributed by atoms with Crippen LogP contribution in [0.2, 0.25) is 0 Å². The molecule has 0 bridgehead atoms. The van der Waals surface area contributed by atoms with E-state index in [1.54, 1.807) is 4.68 Å². The fourth-order valence-electron chi connectivity index (χ4n) is 3.92. The second-order valence-electron chi connectivity index (χ2n) is 7.39. The molecule has 7 heteroatoms. The number of hydrogen-bond acceptors (Lipinski definition) is 5. The summed E-state index contributed by atoms with van der Waals surface area (Å²) in [6.45, 7) is 0. The summed E-state index contributed by atoms with van der Waals surface area (Å²) in [5, 5.41) is 14.3. The van der Waals surface area contributed by atoms with E-state index >= 15 is 0 Å².